The van der Waals surface area contributed by atoms with Gasteiger partial charge in [0.1, 0.15) is 0 Å². The molecule has 3 heteroatoms. The number of nitrogens with one attached hydrogen (secondary N) is 1. The Morgan fingerprint density at radius 1 is 1.29 bits per heavy atom. The van der Waals surface area contributed by atoms with E-state index in [-0.39, 0.29) is 0 Å². The second kappa shape index (κ2) is 4.45. The Bertz CT molecular complexity index is 536. The van der Waals surface area contributed by atoms with Gasteiger partial charge in [0.2, 0.25) is 0 Å². The van der Waals surface area contributed by atoms with E-state index in [1.165, 1.54) is 26.4 Å². The van der Waals surface area contributed by atoms with Gasteiger partial charge in [0, 0.05) is 21.3 Å². The maximum absolute atomic E-state index is 6.00. The van der Waals surface area contributed by atoms with Gasteiger partial charge in [0.15, 0.2) is 0 Å². The zero-order valence-electron chi connectivity index (χ0n) is 9.72. The van der Waals surface area contributed by atoms with Crippen molar-refractivity contribution in [1.82, 2.24) is 5.32 Å². The summed E-state index contributed by atoms with van der Waals surface area (Å²) in [6, 6.07) is 8.48. The minimum absolute atomic E-state index is 0.814. The number of rotatable bonds is 1. The standard InChI is InChI=1S/C14H14ClNS/c1-9-6-11(15)2-3-12(9)13-7-10-4-5-16-8-14(10)17-13/h2-3,6-7,16H,4-5,8H2,1H3. The fourth-order valence-electron chi connectivity index (χ4n) is 2.29. The molecular weight excluding hydrogens is 250 g/mol. The number of benzene rings is 1. The molecule has 0 fully saturated rings. The van der Waals surface area contributed by atoms with E-state index in [0.717, 1.165) is 24.5 Å². The second-order valence-corrected chi connectivity index (χ2v) is 6.02. The highest BCUT2D eigenvalue weighted by Gasteiger charge is 2.14. The molecule has 0 amide bonds. The Hall–Kier alpha value is -0.830. The molecular formula is C14H14ClNS. The van der Waals surface area contributed by atoms with Crippen LogP contribution in [0.15, 0.2) is 24.3 Å². The molecule has 2 heterocycles. The lowest BCUT2D eigenvalue weighted by atomic mass is 10.0. The fourth-order valence-corrected chi connectivity index (χ4v) is 3.79. The molecule has 0 saturated carbocycles. The van der Waals surface area contributed by atoms with Crippen molar-refractivity contribution in [2.45, 2.75) is 19.9 Å². The first-order valence-electron chi connectivity index (χ1n) is 5.83. The molecule has 0 unspecified atom stereocenters. The molecule has 2 aromatic rings. The van der Waals surface area contributed by atoms with E-state index in [2.05, 4.69) is 24.4 Å². The van der Waals surface area contributed by atoms with Crippen LogP contribution in [0.5, 0.6) is 0 Å². The lowest BCUT2D eigenvalue weighted by Crippen LogP contribution is -2.21. The quantitative estimate of drug-likeness (QED) is 0.819. The Morgan fingerprint density at radius 3 is 2.94 bits per heavy atom. The molecule has 0 saturated heterocycles. The Labute approximate surface area is 110 Å². The van der Waals surface area contributed by atoms with Crippen molar-refractivity contribution >= 4 is 22.9 Å². The Morgan fingerprint density at radius 2 is 2.18 bits per heavy atom. The predicted octanol–water partition coefficient (Wildman–Crippen LogP) is 4.02. The number of thiophene rings is 1. The van der Waals surface area contributed by atoms with Crippen molar-refractivity contribution in [3.05, 3.63) is 45.3 Å². The van der Waals surface area contributed by atoms with Crippen molar-refractivity contribution in [3.63, 3.8) is 0 Å². The topological polar surface area (TPSA) is 12.0 Å². The number of hydrogen-bond donors (Lipinski definition) is 1. The van der Waals surface area contributed by atoms with Gasteiger partial charge in [-0.15, -0.1) is 11.3 Å². The lowest BCUT2D eigenvalue weighted by Gasteiger charge is -2.10. The van der Waals surface area contributed by atoms with Gasteiger partial charge in [-0.2, -0.15) is 0 Å². The van der Waals surface area contributed by atoms with Crippen LogP contribution in [-0.4, -0.2) is 6.54 Å². The van der Waals surface area contributed by atoms with Crippen LogP contribution in [-0.2, 0) is 13.0 Å². The predicted molar refractivity (Wildman–Crippen MR) is 74.9 cm³/mol. The molecule has 0 aliphatic carbocycles. The number of hydrogen-bond acceptors (Lipinski definition) is 2. The minimum Gasteiger partial charge on any atom is -0.312 e. The van der Waals surface area contributed by atoms with E-state index in [9.17, 15) is 0 Å². The van der Waals surface area contributed by atoms with E-state index in [0.29, 0.717) is 0 Å². The summed E-state index contributed by atoms with van der Waals surface area (Å²) in [4.78, 5) is 2.86. The Kier molecular flexibility index (Phi) is 2.95. The normalized spacial score (nSPS) is 14.7. The zero-order chi connectivity index (χ0) is 11.8. The van der Waals surface area contributed by atoms with Gasteiger partial charge in [0.25, 0.3) is 0 Å². The fraction of sp³-hybridized carbons (Fsp3) is 0.286. The summed E-state index contributed by atoms with van der Waals surface area (Å²) in [5, 5.41) is 4.23. The first-order valence-corrected chi connectivity index (χ1v) is 7.02. The van der Waals surface area contributed by atoms with Crippen LogP contribution in [0.1, 0.15) is 16.0 Å². The monoisotopic (exact) mass is 263 g/mol. The molecule has 88 valence electrons. The van der Waals surface area contributed by atoms with Crippen molar-refractivity contribution in [2.24, 2.45) is 0 Å². The smallest absolute Gasteiger partial charge is 0.0409 e. The van der Waals surface area contributed by atoms with Gasteiger partial charge in [-0.25, -0.2) is 0 Å². The van der Waals surface area contributed by atoms with Crippen LogP contribution in [0.3, 0.4) is 0 Å². The van der Waals surface area contributed by atoms with Gasteiger partial charge in [-0.1, -0.05) is 17.7 Å². The second-order valence-electron chi connectivity index (χ2n) is 4.45. The van der Waals surface area contributed by atoms with Gasteiger partial charge < -0.3 is 5.32 Å². The summed E-state index contributed by atoms with van der Waals surface area (Å²) in [7, 11) is 0. The Balaban J connectivity index is 2.06. The summed E-state index contributed by atoms with van der Waals surface area (Å²) in [5.74, 6) is 0. The molecule has 1 aromatic heterocycles. The first-order chi connectivity index (χ1) is 8.24. The average Bonchev–Trinajstić information content (AvgIpc) is 2.72. The molecule has 1 aromatic carbocycles. The highest BCUT2D eigenvalue weighted by atomic mass is 35.5. The molecule has 1 aliphatic rings. The van der Waals surface area contributed by atoms with Gasteiger partial charge >= 0.3 is 0 Å². The summed E-state index contributed by atoms with van der Waals surface area (Å²) in [5.41, 5.74) is 4.08. The third-order valence-electron chi connectivity index (χ3n) is 3.21. The van der Waals surface area contributed by atoms with Crippen molar-refractivity contribution < 1.29 is 0 Å². The van der Waals surface area contributed by atoms with Crippen LogP contribution in [0, 0.1) is 6.92 Å². The van der Waals surface area contributed by atoms with Crippen LogP contribution in [0.2, 0.25) is 5.02 Å². The summed E-state index contributed by atoms with van der Waals surface area (Å²) in [6.45, 7) is 4.24. The third kappa shape index (κ3) is 2.13. The van der Waals surface area contributed by atoms with Crippen LogP contribution in [0.4, 0.5) is 0 Å². The first kappa shape index (κ1) is 11.3. The minimum atomic E-state index is 0.814. The lowest BCUT2D eigenvalue weighted by molar-refractivity contribution is 0.655. The molecule has 1 aliphatic heterocycles. The molecule has 0 bridgehead atoms. The van der Waals surface area contributed by atoms with E-state index in [1.807, 2.05) is 23.5 Å². The van der Waals surface area contributed by atoms with Crippen molar-refractivity contribution in [2.75, 3.05) is 6.54 Å². The van der Waals surface area contributed by atoms with Crippen LogP contribution >= 0.6 is 22.9 Å². The maximum Gasteiger partial charge on any atom is 0.0409 e. The van der Waals surface area contributed by atoms with Crippen LogP contribution in [0.25, 0.3) is 10.4 Å². The number of halogens is 1. The molecule has 1 nitrogen and oxygen atoms in total. The zero-order valence-corrected chi connectivity index (χ0v) is 11.3. The molecule has 0 atom stereocenters. The van der Waals surface area contributed by atoms with Crippen molar-refractivity contribution in [3.8, 4) is 10.4 Å². The molecule has 17 heavy (non-hydrogen) atoms. The van der Waals surface area contributed by atoms with Gasteiger partial charge in [-0.3, -0.25) is 0 Å². The highest BCUT2D eigenvalue weighted by molar-refractivity contribution is 7.15. The molecule has 3 rings (SSSR count). The molecule has 0 radical (unpaired) electrons. The van der Waals surface area contributed by atoms with E-state index >= 15 is 0 Å². The SMILES string of the molecule is Cc1cc(Cl)ccc1-c1cc2c(s1)CNCC2. The average molecular weight is 264 g/mol. The highest BCUT2D eigenvalue weighted by Crippen LogP contribution is 2.35. The van der Waals surface area contributed by atoms with Gasteiger partial charge in [0.05, 0.1) is 0 Å². The van der Waals surface area contributed by atoms with Gasteiger partial charge in [-0.05, 0) is 54.8 Å². The summed E-state index contributed by atoms with van der Waals surface area (Å²) < 4.78 is 0. The van der Waals surface area contributed by atoms with Crippen molar-refractivity contribution in [1.29, 1.82) is 0 Å². The van der Waals surface area contributed by atoms with E-state index in [1.54, 1.807) is 0 Å². The molecule has 0 spiro atoms. The third-order valence-corrected chi connectivity index (χ3v) is 4.65. The largest absolute Gasteiger partial charge is 0.312 e. The summed E-state index contributed by atoms with van der Waals surface area (Å²) in [6.07, 6.45) is 1.15. The summed E-state index contributed by atoms with van der Waals surface area (Å²) >= 11 is 7.90. The molecule has 1 N–H and O–H groups in total. The number of aryl methyl sites for hydroxylation is 1. The van der Waals surface area contributed by atoms with E-state index in [4.69, 9.17) is 11.6 Å². The van der Waals surface area contributed by atoms with Crippen LogP contribution < -0.4 is 5.32 Å². The maximum atomic E-state index is 6.00. The van der Waals surface area contributed by atoms with E-state index < -0.39 is 0 Å². The number of fused-ring (bicyclic) bond motifs is 1.